The first-order valence-electron chi connectivity index (χ1n) is 6.20. The summed E-state index contributed by atoms with van der Waals surface area (Å²) in [5.41, 5.74) is 1.62. The van der Waals surface area contributed by atoms with Crippen molar-refractivity contribution < 1.29 is 4.79 Å². The van der Waals surface area contributed by atoms with Gasteiger partial charge in [0, 0.05) is 20.5 Å². The van der Waals surface area contributed by atoms with Crippen LogP contribution in [0.1, 0.15) is 22.8 Å². The molecular formula is C16H14Cl2OS. The minimum absolute atomic E-state index is 0.0758. The predicted molar refractivity (Wildman–Crippen MR) is 87.3 cm³/mol. The molecule has 0 amide bonds. The molecule has 2 aromatic carbocycles. The Bertz CT molecular complexity index is 623. The van der Waals surface area contributed by atoms with E-state index in [0.29, 0.717) is 15.6 Å². The van der Waals surface area contributed by atoms with Gasteiger partial charge in [-0.2, -0.15) is 0 Å². The van der Waals surface area contributed by atoms with Crippen LogP contribution < -0.4 is 0 Å². The van der Waals surface area contributed by atoms with E-state index in [1.54, 1.807) is 6.07 Å². The van der Waals surface area contributed by atoms with Crippen molar-refractivity contribution in [2.75, 3.05) is 0 Å². The Balaban J connectivity index is 2.11. The summed E-state index contributed by atoms with van der Waals surface area (Å²) >= 11 is 13.4. The SMILES string of the molecule is Cc1ccc(C(=O)C(C)Sc2ccc(Cl)cc2)cc1Cl. The summed E-state index contributed by atoms with van der Waals surface area (Å²) in [5.74, 6) is 0.0758. The van der Waals surface area contributed by atoms with E-state index in [-0.39, 0.29) is 11.0 Å². The summed E-state index contributed by atoms with van der Waals surface area (Å²) in [6.07, 6.45) is 0. The maximum Gasteiger partial charge on any atom is 0.175 e. The lowest BCUT2D eigenvalue weighted by Gasteiger charge is -2.11. The number of Topliss-reactive ketones (excluding diaryl/α,β-unsaturated/α-hetero) is 1. The van der Waals surface area contributed by atoms with E-state index in [9.17, 15) is 4.79 Å². The molecule has 1 nitrogen and oxygen atoms in total. The van der Waals surface area contributed by atoms with Crippen LogP contribution in [0.2, 0.25) is 10.0 Å². The molecule has 0 aromatic heterocycles. The summed E-state index contributed by atoms with van der Waals surface area (Å²) in [6.45, 7) is 3.82. The van der Waals surface area contributed by atoms with E-state index < -0.39 is 0 Å². The second kappa shape index (κ2) is 6.66. The summed E-state index contributed by atoms with van der Waals surface area (Å²) in [4.78, 5) is 13.4. The van der Waals surface area contributed by atoms with Crippen molar-refractivity contribution >= 4 is 40.7 Å². The van der Waals surface area contributed by atoms with Crippen LogP contribution in [0.5, 0.6) is 0 Å². The molecule has 4 heteroatoms. The van der Waals surface area contributed by atoms with Gasteiger partial charge in [-0.1, -0.05) is 35.3 Å². The molecule has 0 fully saturated rings. The number of ketones is 1. The average molecular weight is 325 g/mol. The zero-order chi connectivity index (χ0) is 14.7. The van der Waals surface area contributed by atoms with Gasteiger partial charge < -0.3 is 0 Å². The highest BCUT2D eigenvalue weighted by Gasteiger charge is 2.17. The van der Waals surface area contributed by atoms with Gasteiger partial charge in [0.15, 0.2) is 5.78 Å². The van der Waals surface area contributed by atoms with E-state index in [1.165, 1.54) is 11.8 Å². The zero-order valence-electron chi connectivity index (χ0n) is 11.2. The second-order valence-corrected chi connectivity index (χ2v) is 6.80. The van der Waals surface area contributed by atoms with Crippen molar-refractivity contribution in [2.45, 2.75) is 24.0 Å². The van der Waals surface area contributed by atoms with Crippen molar-refractivity contribution in [3.63, 3.8) is 0 Å². The predicted octanol–water partition coefficient (Wildman–Crippen LogP) is 5.67. The maximum absolute atomic E-state index is 12.4. The van der Waals surface area contributed by atoms with Crippen LogP contribution in [-0.4, -0.2) is 11.0 Å². The first-order valence-corrected chi connectivity index (χ1v) is 7.83. The molecule has 2 aromatic rings. The Morgan fingerprint density at radius 1 is 1.10 bits per heavy atom. The molecule has 0 heterocycles. The standard InChI is InChI=1S/C16H14Cl2OS/c1-10-3-4-12(9-15(10)18)16(19)11(2)20-14-7-5-13(17)6-8-14/h3-9,11H,1-2H3. The van der Waals surface area contributed by atoms with Crippen molar-refractivity contribution in [1.29, 1.82) is 0 Å². The van der Waals surface area contributed by atoms with Crippen LogP contribution in [0.4, 0.5) is 0 Å². The molecule has 0 saturated heterocycles. The molecule has 1 atom stereocenters. The maximum atomic E-state index is 12.4. The number of halogens is 2. The molecule has 1 unspecified atom stereocenters. The third kappa shape index (κ3) is 3.78. The van der Waals surface area contributed by atoms with Gasteiger partial charge in [-0.15, -0.1) is 11.8 Å². The Labute approximate surface area is 133 Å². The highest BCUT2D eigenvalue weighted by atomic mass is 35.5. The number of carbonyl (C=O) groups is 1. The fourth-order valence-electron chi connectivity index (χ4n) is 1.75. The molecule has 0 aliphatic carbocycles. The molecule has 0 aliphatic rings. The van der Waals surface area contributed by atoms with Crippen LogP contribution in [0, 0.1) is 6.92 Å². The Morgan fingerprint density at radius 3 is 2.35 bits per heavy atom. The minimum atomic E-state index is -0.171. The summed E-state index contributed by atoms with van der Waals surface area (Å²) in [7, 11) is 0. The lowest BCUT2D eigenvalue weighted by molar-refractivity contribution is 0.0994. The van der Waals surface area contributed by atoms with Gasteiger partial charge in [0.25, 0.3) is 0 Å². The lowest BCUT2D eigenvalue weighted by atomic mass is 10.1. The molecule has 0 spiro atoms. The van der Waals surface area contributed by atoms with E-state index in [0.717, 1.165) is 10.5 Å². The third-order valence-corrected chi connectivity index (χ3v) is 4.72. The number of rotatable bonds is 4. The first-order chi connectivity index (χ1) is 9.47. The highest BCUT2D eigenvalue weighted by Crippen LogP contribution is 2.27. The number of thioether (sulfide) groups is 1. The largest absolute Gasteiger partial charge is 0.293 e. The minimum Gasteiger partial charge on any atom is -0.293 e. The lowest BCUT2D eigenvalue weighted by Crippen LogP contribution is -2.13. The van der Waals surface area contributed by atoms with Gasteiger partial charge in [-0.3, -0.25) is 4.79 Å². The molecule has 0 saturated carbocycles. The van der Waals surface area contributed by atoms with Crippen LogP contribution >= 0.6 is 35.0 Å². The van der Waals surface area contributed by atoms with Crippen LogP contribution in [0.15, 0.2) is 47.4 Å². The van der Waals surface area contributed by atoms with Crippen LogP contribution in [-0.2, 0) is 0 Å². The van der Waals surface area contributed by atoms with Crippen molar-refractivity contribution in [1.82, 2.24) is 0 Å². The monoisotopic (exact) mass is 324 g/mol. The Kier molecular flexibility index (Phi) is 5.14. The number of hydrogen-bond donors (Lipinski definition) is 0. The molecular weight excluding hydrogens is 311 g/mol. The fourth-order valence-corrected chi connectivity index (χ4v) is 3.00. The van der Waals surface area contributed by atoms with E-state index in [1.807, 2.05) is 50.2 Å². The van der Waals surface area contributed by atoms with Crippen LogP contribution in [0.25, 0.3) is 0 Å². The molecule has 0 aliphatic heterocycles. The fraction of sp³-hybridized carbons (Fsp3) is 0.188. The Hall–Kier alpha value is -0.960. The highest BCUT2D eigenvalue weighted by molar-refractivity contribution is 8.00. The molecule has 0 radical (unpaired) electrons. The van der Waals surface area contributed by atoms with Crippen molar-refractivity contribution in [2.24, 2.45) is 0 Å². The van der Waals surface area contributed by atoms with Gasteiger partial charge in [-0.25, -0.2) is 0 Å². The zero-order valence-corrected chi connectivity index (χ0v) is 13.5. The summed E-state index contributed by atoms with van der Waals surface area (Å²) in [5, 5.41) is 1.15. The molecule has 0 bridgehead atoms. The van der Waals surface area contributed by atoms with Crippen molar-refractivity contribution in [3.05, 3.63) is 63.6 Å². The van der Waals surface area contributed by atoms with Gasteiger partial charge in [0.05, 0.1) is 5.25 Å². The number of hydrogen-bond acceptors (Lipinski definition) is 2. The normalized spacial score (nSPS) is 12.2. The number of aryl methyl sites for hydroxylation is 1. The molecule has 20 heavy (non-hydrogen) atoms. The van der Waals surface area contributed by atoms with Gasteiger partial charge in [-0.05, 0) is 49.7 Å². The van der Waals surface area contributed by atoms with Crippen molar-refractivity contribution in [3.8, 4) is 0 Å². The smallest absolute Gasteiger partial charge is 0.175 e. The van der Waals surface area contributed by atoms with E-state index >= 15 is 0 Å². The van der Waals surface area contributed by atoms with Gasteiger partial charge in [0.2, 0.25) is 0 Å². The average Bonchev–Trinajstić information content (AvgIpc) is 2.43. The van der Waals surface area contributed by atoms with E-state index in [4.69, 9.17) is 23.2 Å². The number of carbonyl (C=O) groups excluding carboxylic acids is 1. The molecule has 2 rings (SSSR count). The summed E-state index contributed by atoms with van der Waals surface area (Å²) in [6, 6.07) is 12.9. The van der Waals surface area contributed by atoms with Gasteiger partial charge >= 0.3 is 0 Å². The van der Waals surface area contributed by atoms with E-state index in [2.05, 4.69) is 0 Å². The molecule has 0 N–H and O–H groups in total. The van der Waals surface area contributed by atoms with Crippen LogP contribution in [0.3, 0.4) is 0 Å². The first kappa shape index (κ1) is 15.4. The Morgan fingerprint density at radius 2 is 1.75 bits per heavy atom. The quantitative estimate of drug-likeness (QED) is 0.532. The molecule has 104 valence electrons. The third-order valence-electron chi connectivity index (χ3n) is 2.95. The van der Waals surface area contributed by atoms with Gasteiger partial charge in [0.1, 0.15) is 0 Å². The summed E-state index contributed by atoms with van der Waals surface area (Å²) < 4.78 is 0. The number of benzene rings is 2. The second-order valence-electron chi connectivity index (χ2n) is 4.54. The topological polar surface area (TPSA) is 17.1 Å².